The first kappa shape index (κ1) is 18.5. The fourth-order valence-corrected chi connectivity index (χ4v) is 5.75. The predicted molar refractivity (Wildman–Crippen MR) is 96.9 cm³/mol. The summed E-state index contributed by atoms with van der Waals surface area (Å²) in [6.07, 6.45) is 0. The minimum Gasteiger partial charge on any atom is -0.394 e. The molecule has 0 bridgehead atoms. The molecular weight excluding hydrogens is 348 g/mol. The molecule has 1 aromatic carbocycles. The van der Waals surface area contributed by atoms with E-state index in [1.54, 1.807) is 23.5 Å². The van der Waals surface area contributed by atoms with Crippen LogP contribution in [-0.4, -0.2) is 69.4 Å². The Morgan fingerprint density at radius 2 is 1.08 bits per heavy atom. The van der Waals surface area contributed by atoms with Crippen molar-refractivity contribution < 1.29 is 20.4 Å². The van der Waals surface area contributed by atoms with Gasteiger partial charge >= 0.3 is 0 Å². The van der Waals surface area contributed by atoms with Gasteiger partial charge in [0.15, 0.2) is 0 Å². The quantitative estimate of drug-likeness (QED) is 0.408. The molecule has 0 radical (unpaired) electrons. The minimum absolute atomic E-state index is 0.0523. The third-order valence-corrected chi connectivity index (χ3v) is 7.56. The number of nitrogens with one attached hydrogen (secondary N) is 2. The van der Waals surface area contributed by atoms with Crippen LogP contribution in [0.2, 0.25) is 0 Å². The van der Waals surface area contributed by atoms with Crippen molar-refractivity contribution >= 4 is 23.5 Å². The van der Waals surface area contributed by atoms with Crippen molar-refractivity contribution in [2.24, 2.45) is 0 Å². The smallest absolute Gasteiger partial charge is 0.0795 e. The number of rotatable bonds is 6. The number of benzene rings is 1. The Balaban J connectivity index is 1.67. The first-order chi connectivity index (χ1) is 11.6. The minimum atomic E-state index is -0.612. The highest BCUT2D eigenvalue weighted by Gasteiger charge is 2.40. The number of thioether (sulfide) groups is 2. The summed E-state index contributed by atoms with van der Waals surface area (Å²) in [5, 5.41) is 44.6. The molecule has 0 spiro atoms. The third kappa shape index (κ3) is 3.47. The summed E-state index contributed by atoms with van der Waals surface area (Å²) in [7, 11) is 0. The second-order valence-corrected chi connectivity index (χ2v) is 8.72. The van der Waals surface area contributed by atoms with Crippen LogP contribution in [0.3, 0.4) is 0 Å². The van der Waals surface area contributed by atoms with E-state index in [0.29, 0.717) is 11.5 Å². The second kappa shape index (κ2) is 7.51. The van der Waals surface area contributed by atoms with E-state index in [-0.39, 0.29) is 37.2 Å². The van der Waals surface area contributed by atoms with Crippen molar-refractivity contribution in [3.63, 3.8) is 0 Å². The summed E-state index contributed by atoms with van der Waals surface area (Å²) in [4.78, 5) is 0. The van der Waals surface area contributed by atoms with E-state index in [4.69, 9.17) is 0 Å². The van der Waals surface area contributed by atoms with Gasteiger partial charge in [-0.2, -0.15) is 0 Å². The Kier molecular flexibility index (Phi) is 5.78. The molecule has 3 rings (SSSR count). The molecule has 6 nitrogen and oxygen atoms in total. The average molecular weight is 373 g/mol. The van der Waals surface area contributed by atoms with Crippen LogP contribution in [0.4, 0.5) is 0 Å². The van der Waals surface area contributed by atoms with Gasteiger partial charge in [-0.15, -0.1) is 23.5 Å². The van der Waals surface area contributed by atoms with Gasteiger partial charge in [-0.25, -0.2) is 0 Å². The summed E-state index contributed by atoms with van der Waals surface area (Å²) < 4.78 is 0. The van der Waals surface area contributed by atoms with E-state index in [1.807, 2.05) is 24.3 Å². The van der Waals surface area contributed by atoms with Gasteiger partial charge in [0.2, 0.25) is 0 Å². The first-order valence-electron chi connectivity index (χ1n) is 7.91. The highest BCUT2D eigenvalue weighted by molar-refractivity contribution is 8.00. The largest absolute Gasteiger partial charge is 0.394 e. The van der Waals surface area contributed by atoms with Crippen LogP contribution in [0.25, 0.3) is 0 Å². The van der Waals surface area contributed by atoms with Gasteiger partial charge in [-0.05, 0) is 11.1 Å². The summed E-state index contributed by atoms with van der Waals surface area (Å²) in [5.74, 6) is 1.34. The van der Waals surface area contributed by atoms with E-state index in [0.717, 1.165) is 11.1 Å². The highest BCUT2D eigenvalue weighted by Crippen LogP contribution is 2.40. The van der Waals surface area contributed by atoms with Gasteiger partial charge in [0, 0.05) is 11.5 Å². The lowest BCUT2D eigenvalue weighted by molar-refractivity contribution is 0.111. The van der Waals surface area contributed by atoms with Crippen molar-refractivity contribution in [3.8, 4) is 0 Å². The molecule has 2 heterocycles. The molecular formula is C16H24N2O4S2. The number of aliphatic hydroxyl groups is 4. The Hall–Kier alpha value is -0.320. The van der Waals surface area contributed by atoms with Crippen LogP contribution in [0, 0.1) is 0 Å². The molecule has 8 heteroatoms. The molecule has 2 atom stereocenters. The van der Waals surface area contributed by atoms with E-state index in [2.05, 4.69) is 10.6 Å². The standard InChI is InChI=1S/C16H24N2O4S2/c19-5-15(6-20)9-23-13(17-15)11-1-2-12(4-3-11)14-18-16(7-21,8-22)10-24-14/h1-4,13-14,17-22H,5-10H2/t13-,14-/m0/s1. The zero-order chi connectivity index (χ0) is 17.2. The molecule has 0 aromatic heterocycles. The molecule has 0 aliphatic carbocycles. The van der Waals surface area contributed by atoms with Gasteiger partial charge in [0.1, 0.15) is 0 Å². The lowest BCUT2D eigenvalue weighted by Gasteiger charge is -2.25. The third-order valence-electron chi connectivity index (χ3n) is 4.68. The van der Waals surface area contributed by atoms with Gasteiger partial charge in [0.05, 0.1) is 48.3 Å². The molecule has 0 unspecified atom stereocenters. The normalized spacial score (nSPS) is 28.3. The van der Waals surface area contributed by atoms with Crippen LogP contribution in [0.5, 0.6) is 0 Å². The van der Waals surface area contributed by atoms with Gasteiger partial charge in [-0.1, -0.05) is 24.3 Å². The van der Waals surface area contributed by atoms with Crippen LogP contribution in [0.1, 0.15) is 21.9 Å². The van der Waals surface area contributed by atoms with Crippen LogP contribution >= 0.6 is 23.5 Å². The Labute approximate surface area is 150 Å². The number of hydrogen-bond donors (Lipinski definition) is 6. The van der Waals surface area contributed by atoms with E-state index in [1.165, 1.54) is 0 Å². The Morgan fingerprint density at radius 3 is 1.33 bits per heavy atom. The molecule has 2 fully saturated rings. The van der Waals surface area contributed by atoms with E-state index < -0.39 is 11.1 Å². The molecule has 24 heavy (non-hydrogen) atoms. The molecule has 0 saturated carbocycles. The molecule has 6 N–H and O–H groups in total. The maximum absolute atomic E-state index is 9.48. The molecule has 134 valence electrons. The maximum atomic E-state index is 9.48. The lowest BCUT2D eigenvalue weighted by atomic mass is 10.0. The molecule has 2 aliphatic heterocycles. The van der Waals surface area contributed by atoms with E-state index >= 15 is 0 Å². The first-order valence-corrected chi connectivity index (χ1v) is 10.0. The molecule has 2 saturated heterocycles. The zero-order valence-electron chi connectivity index (χ0n) is 13.3. The number of aliphatic hydroxyl groups excluding tert-OH is 4. The van der Waals surface area contributed by atoms with E-state index in [9.17, 15) is 20.4 Å². The van der Waals surface area contributed by atoms with Crippen molar-refractivity contribution in [1.29, 1.82) is 0 Å². The van der Waals surface area contributed by atoms with Crippen molar-refractivity contribution in [2.45, 2.75) is 21.8 Å². The Bertz CT molecular complexity index is 501. The van der Waals surface area contributed by atoms with Gasteiger partial charge in [0.25, 0.3) is 0 Å². The molecule has 0 amide bonds. The van der Waals surface area contributed by atoms with Crippen LogP contribution in [0.15, 0.2) is 24.3 Å². The second-order valence-electron chi connectivity index (χ2n) is 6.53. The number of hydrogen-bond acceptors (Lipinski definition) is 8. The van der Waals surface area contributed by atoms with Gasteiger partial charge in [-0.3, -0.25) is 10.6 Å². The molecule has 1 aromatic rings. The van der Waals surface area contributed by atoms with Crippen LogP contribution in [-0.2, 0) is 0 Å². The lowest BCUT2D eigenvalue weighted by Crippen LogP contribution is -2.49. The Morgan fingerprint density at radius 1 is 0.750 bits per heavy atom. The molecule has 2 aliphatic rings. The van der Waals surface area contributed by atoms with Gasteiger partial charge < -0.3 is 20.4 Å². The van der Waals surface area contributed by atoms with Crippen molar-refractivity contribution in [1.82, 2.24) is 10.6 Å². The SMILES string of the molecule is OCC1(CO)CS[C@@H](c2ccc([C@H]3NC(CO)(CO)CS3)cc2)N1. The summed E-state index contributed by atoms with van der Waals surface area (Å²) in [6.45, 7) is -0.341. The average Bonchev–Trinajstić information content (AvgIpc) is 3.28. The predicted octanol–water partition coefficient (Wildman–Crippen LogP) is -0.197. The maximum Gasteiger partial charge on any atom is 0.0795 e. The summed E-state index contributed by atoms with van der Waals surface area (Å²) >= 11 is 3.36. The van der Waals surface area contributed by atoms with Crippen LogP contribution < -0.4 is 10.6 Å². The highest BCUT2D eigenvalue weighted by atomic mass is 32.2. The summed E-state index contributed by atoms with van der Waals surface area (Å²) in [6, 6.07) is 8.19. The monoisotopic (exact) mass is 372 g/mol. The summed E-state index contributed by atoms with van der Waals surface area (Å²) in [5.41, 5.74) is 0.981. The van der Waals surface area contributed by atoms with Crippen molar-refractivity contribution in [3.05, 3.63) is 35.4 Å². The fraction of sp³-hybridized carbons (Fsp3) is 0.625. The zero-order valence-corrected chi connectivity index (χ0v) is 14.9. The topological polar surface area (TPSA) is 105 Å². The van der Waals surface area contributed by atoms with Crippen molar-refractivity contribution in [2.75, 3.05) is 37.9 Å². The fourth-order valence-electron chi connectivity index (χ4n) is 2.88.